The Hall–Kier alpha value is -2.24. The van der Waals surface area contributed by atoms with Crippen molar-refractivity contribution in [2.24, 2.45) is 20.5 Å². The van der Waals surface area contributed by atoms with Crippen LogP contribution in [0.25, 0.3) is 41.8 Å². The van der Waals surface area contributed by atoms with Gasteiger partial charge in [-0.05, 0) is 22.1 Å². The number of nitrogens with zero attached hydrogens (tertiary/aromatic N) is 12. The second-order valence-corrected chi connectivity index (χ2v) is 1.36. The average molecular weight is 244 g/mol. The number of hydrogen-bond acceptors (Lipinski definition) is 4. The summed E-state index contributed by atoms with van der Waals surface area (Å²) >= 11 is 0. The molecule has 0 atom stereocenters. The topological polar surface area (TPSA) is 195 Å². The fraction of sp³-hybridized carbons (Fsp3) is 1.00. The van der Waals surface area contributed by atoms with E-state index in [-0.39, 0.29) is 17.1 Å². The van der Waals surface area contributed by atoms with E-state index in [2.05, 4.69) is 40.1 Å². The van der Waals surface area contributed by atoms with Crippen LogP contribution in [0.4, 0.5) is 0 Å². The predicted octanol–water partition coefficient (Wildman–Crippen LogP) is 2.84. The molecule has 0 bridgehead atoms. The van der Waals surface area contributed by atoms with Crippen molar-refractivity contribution in [1.82, 2.24) is 0 Å². The summed E-state index contributed by atoms with van der Waals surface area (Å²) in [4.78, 5) is 8.78. The van der Waals surface area contributed by atoms with Crippen molar-refractivity contribution in [1.29, 1.82) is 0 Å². The minimum atomic E-state index is -2.47. The van der Waals surface area contributed by atoms with Gasteiger partial charge in [-0.15, -0.1) is 0 Å². The van der Waals surface area contributed by atoms with Gasteiger partial charge in [0.15, 0.2) is 0 Å². The van der Waals surface area contributed by atoms with Crippen LogP contribution in [-0.2, 0) is 17.1 Å². The zero-order valence-electron chi connectivity index (χ0n) is 6.17. The SMILES string of the molecule is [Cu].[N-]=[N+]=NC(N=[N+]=[N-])(N=[N+]=[N-])N=[N+]=[N-]. The zero-order valence-corrected chi connectivity index (χ0v) is 7.11. The Balaban J connectivity index is 0. The molecule has 0 aromatic carbocycles. The van der Waals surface area contributed by atoms with Crippen molar-refractivity contribution < 1.29 is 17.1 Å². The third-order valence-corrected chi connectivity index (χ3v) is 0.716. The van der Waals surface area contributed by atoms with E-state index in [1.165, 1.54) is 0 Å². The van der Waals surface area contributed by atoms with Gasteiger partial charge in [-0.3, -0.25) is 0 Å². The minimum Gasteiger partial charge on any atom is -0.0688 e. The molecule has 0 aromatic rings. The van der Waals surface area contributed by atoms with Crippen molar-refractivity contribution in [2.75, 3.05) is 0 Å². The smallest absolute Gasteiger partial charge is 0.0688 e. The molecule has 0 N–H and O–H groups in total. The molecule has 0 saturated carbocycles. The summed E-state index contributed by atoms with van der Waals surface area (Å²) in [6.45, 7) is 0. The first-order valence-corrected chi connectivity index (χ1v) is 2.49. The van der Waals surface area contributed by atoms with Crippen molar-refractivity contribution >= 4 is 0 Å². The summed E-state index contributed by atoms with van der Waals surface area (Å²) in [6, 6.07) is 0. The van der Waals surface area contributed by atoms with E-state index in [0.29, 0.717) is 0 Å². The van der Waals surface area contributed by atoms with Crippen LogP contribution < -0.4 is 0 Å². The quantitative estimate of drug-likeness (QED) is 0.303. The Morgan fingerprint density at radius 1 is 0.643 bits per heavy atom. The molecule has 75 valence electrons. The molecule has 13 heteroatoms. The van der Waals surface area contributed by atoms with Crippen LogP contribution >= 0.6 is 0 Å². The Morgan fingerprint density at radius 2 is 0.857 bits per heavy atom. The maximum absolute atomic E-state index is 7.99. The second kappa shape index (κ2) is 7.41. The van der Waals surface area contributed by atoms with E-state index >= 15 is 0 Å². The largest absolute Gasteiger partial charge is 0.281 e. The Bertz CT molecular complexity index is 290. The zero-order chi connectivity index (χ0) is 10.2. The van der Waals surface area contributed by atoms with Crippen LogP contribution in [0.3, 0.4) is 0 Å². The van der Waals surface area contributed by atoms with Gasteiger partial charge in [0.05, 0.1) is 0 Å². The van der Waals surface area contributed by atoms with Gasteiger partial charge in [0, 0.05) is 36.7 Å². The third-order valence-electron chi connectivity index (χ3n) is 0.716. The average Bonchev–Trinajstić information content (AvgIpc) is 2.06. The first kappa shape index (κ1) is 14.3. The van der Waals surface area contributed by atoms with Crippen LogP contribution in [0.5, 0.6) is 0 Å². The monoisotopic (exact) mass is 243 g/mol. The maximum atomic E-state index is 7.99. The van der Waals surface area contributed by atoms with Crippen molar-refractivity contribution in [2.45, 2.75) is 5.91 Å². The van der Waals surface area contributed by atoms with Crippen LogP contribution in [-0.4, -0.2) is 5.91 Å². The molecule has 0 saturated heterocycles. The minimum absolute atomic E-state index is 0. The maximum Gasteiger partial charge on any atom is 0.281 e. The first-order chi connectivity index (χ1) is 6.24. The number of hydrogen-bond donors (Lipinski definition) is 0. The summed E-state index contributed by atoms with van der Waals surface area (Å²) in [5.74, 6) is -2.47. The third kappa shape index (κ3) is 3.96. The Morgan fingerprint density at radius 3 is 1.00 bits per heavy atom. The summed E-state index contributed by atoms with van der Waals surface area (Å²) in [7, 11) is 0. The molecule has 0 aliphatic carbocycles. The summed E-state index contributed by atoms with van der Waals surface area (Å²) < 4.78 is 0. The van der Waals surface area contributed by atoms with Crippen LogP contribution in [0, 0.1) is 0 Å². The standard InChI is InChI=1S/CN12.Cu/c2-10-6-1(7-11-3,8-12-4)9-13-5;. The molecular weight excluding hydrogens is 244 g/mol. The molecule has 0 aliphatic rings. The van der Waals surface area contributed by atoms with Gasteiger partial charge in [0.2, 0.25) is 0 Å². The first-order valence-electron chi connectivity index (χ1n) is 2.49. The van der Waals surface area contributed by atoms with Gasteiger partial charge in [0.25, 0.3) is 5.91 Å². The fourth-order valence-corrected chi connectivity index (χ4v) is 0.360. The molecule has 0 amide bonds. The van der Waals surface area contributed by atoms with Gasteiger partial charge in [0.1, 0.15) is 0 Å². The molecule has 0 unspecified atom stereocenters. The van der Waals surface area contributed by atoms with Gasteiger partial charge in [-0.1, -0.05) is 20.5 Å². The van der Waals surface area contributed by atoms with E-state index in [1.54, 1.807) is 0 Å². The van der Waals surface area contributed by atoms with Gasteiger partial charge in [-0.2, -0.15) is 0 Å². The second-order valence-electron chi connectivity index (χ2n) is 1.36. The number of rotatable bonds is 4. The Kier molecular flexibility index (Phi) is 7.57. The molecule has 0 spiro atoms. The molecule has 0 fully saturated rings. The van der Waals surface area contributed by atoms with Gasteiger partial charge in [-0.25, -0.2) is 0 Å². The summed E-state index contributed by atoms with van der Waals surface area (Å²) in [5, 5.41) is 11.0. The van der Waals surface area contributed by atoms with E-state index in [4.69, 9.17) is 22.1 Å². The number of azide groups is 1. The van der Waals surface area contributed by atoms with E-state index in [0.717, 1.165) is 0 Å². The molecular formula is CCuN12. The van der Waals surface area contributed by atoms with E-state index in [1.807, 2.05) is 0 Å². The Labute approximate surface area is 85.9 Å². The van der Waals surface area contributed by atoms with E-state index in [9.17, 15) is 0 Å². The fourth-order valence-electron chi connectivity index (χ4n) is 0.360. The van der Waals surface area contributed by atoms with Crippen LogP contribution in [0.1, 0.15) is 0 Å². The molecule has 0 rings (SSSR count). The van der Waals surface area contributed by atoms with E-state index < -0.39 is 5.91 Å². The van der Waals surface area contributed by atoms with Crippen LogP contribution in [0.2, 0.25) is 0 Å². The van der Waals surface area contributed by atoms with Crippen molar-refractivity contribution in [3.63, 3.8) is 0 Å². The normalized spacial score (nSPS) is 10.9. The molecule has 0 aliphatic heterocycles. The molecule has 0 heterocycles. The van der Waals surface area contributed by atoms with Crippen molar-refractivity contribution in [3.05, 3.63) is 41.8 Å². The van der Waals surface area contributed by atoms with Gasteiger partial charge < -0.3 is 0 Å². The predicted molar refractivity (Wildman–Crippen MR) is 39.3 cm³/mol. The summed E-state index contributed by atoms with van der Waals surface area (Å²) in [6.07, 6.45) is 0. The molecule has 0 aromatic heterocycles. The molecule has 14 heavy (non-hydrogen) atoms. The van der Waals surface area contributed by atoms with Crippen LogP contribution in [0.15, 0.2) is 20.5 Å². The molecule has 12 nitrogen and oxygen atoms in total. The summed E-state index contributed by atoms with van der Waals surface area (Å²) in [5.41, 5.74) is 32.0. The van der Waals surface area contributed by atoms with Gasteiger partial charge >= 0.3 is 0 Å². The van der Waals surface area contributed by atoms with Crippen molar-refractivity contribution in [3.8, 4) is 0 Å². The molecule has 1 radical (unpaired) electrons.